The molecule has 0 spiro atoms. The Kier molecular flexibility index (Phi) is 14.1. The van der Waals surface area contributed by atoms with Gasteiger partial charge in [0.15, 0.2) is 0 Å². The van der Waals surface area contributed by atoms with Gasteiger partial charge in [-0.25, -0.2) is 4.57 Å². The number of hydrogen-bond acceptors (Lipinski definition) is 2. The Bertz CT molecular complexity index is 48.9. The van der Waals surface area contributed by atoms with E-state index in [4.69, 9.17) is 0 Å². The van der Waals surface area contributed by atoms with Gasteiger partial charge >= 0.3 is 8.69 Å². The van der Waals surface area contributed by atoms with E-state index in [9.17, 15) is 4.57 Å². The summed E-state index contributed by atoms with van der Waals surface area (Å²) >= 11 is 0. The SMILES string of the molecule is C=CCOP=O.[Fe]. The van der Waals surface area contributed by atoms with E-state index in [-0.39, 0.29) is 25.8 Å². The molecule has 0 bridgehead atoms. The van der Waals surface area contributed by atoms with Gasteiger partial charge in [-0.1, -0.05) is 6.08 Å². The standard InChI is InChI=1S/C3H5O2P.Fe/c1-2-3-5-6-4;/h2H,1,3H2;. The molecule has 0 saturated carbocycles. The molecular weight excluding hydrogens is 155 g/mol. The molecule has 0 heterocycles. The number of rotatable bonds is 3. The zero-order chi connectivity index (χ0) is 4.83. The summed E-state index contributed by atoms with van der Waals surface area (Å²) < 4.78 is 13.7. The van der Waals surface area contributed by atoms with Crippen molar-refractivity contribution in [1.82, 2.24) is 0 Å². The van der Waals surface area contributed by atoms with Gasteiger partial charge in [-0.05, 0) is 0 Å². The minimum absolute atomic E-state index is 0. The first-order valence-corrected chi connectivity index (χ1v) is 2.20. The first-order valence-electron chi connectivity index (χ1n) is 1.47. The van der Waals surface area contributed by atoms with Crippen LogP contribution >= 0.6 is 8.69 Å². The second-order valence-corrected chi connectivity index (χ2v) is 1.07. The quantitative estimate of drug-likeness (QED) is 0.270. The van der Waals surface area contributed by atoms with Crippen LogP contribution in [0.4, 0.5) is 0 Å². The molecule has 42 valence electrons. The van der Waals surface area contributed by atoms with Crippen LogP contribution in [-0.2, 0) is 26.2 Å². The van der Waals surface area contributed by atoms with Crippen molar-refractivity contribution in [2.75, 3.05) is 6.61 Å². The van der Waals surface area contributed by atoms with E-state index in [0.29, 0.717) is 6.61 Å². The fourth-order valence-corrected chi connectivity index (χ4v) is 0.249. The minimum Gasteiger partial charge on any atom is -0.290 e. The van der Waals surface area contributed by atoms with Crippen LogP contribution in [0.1, 0.15) is 0 Å². The maximum Gasteiger partial charge on any atom is 0.327 e. The van der Waals surface area contributed by atoms with Crippen molar-refractivity contribution in [3.63, 3.8) is 0 Å². The van der Waals surface area contributed by atoms with E-state index in [1.807, 2.05) is 0 Å². The monoisotopic (exact) mass is 160 g/mol. The average molecular weight is 160 g/mol. The zero-order valence-corrected chi connectivity index (χ0v) is 5.61. The van der Waals surface area contributed by atoms with Crippen LogP contribution in [0.2, 0.25) is 0 Å². The van der Waals surface area contributed by atoms with Gasteiger partial charge in [0, 0.05) is 17.1 Å². The van der Waals surface area contributed by atoms with Gasteiger partial charge in [0.1, 0.15) is 0 Å². The van der Waals surface area contributed by atoms with E-state index in [1.165, 1.54) is 6.08 Å². The summed E-state index contributed by atoms with van der Waals surface area (Å²) in [7, 11) is -0.276. The third kappa shape index (κ3) is 10.7. The Morgan fingerprint density at radius 2 is 2.43 bits per heavy atom. The molecule has 0 saturated heterocycles. The van der Waals surface area contributed by atoms with Crippen molar-refractivity contribution in [3.05, 3.63) is 12.7 Å². The Balaban J connectivity index is 0. The van der Waals surface area contributed by atoms with Crippen LogP contribution < -0.4 is 0 Å². The van der Waals surface area contributed by atoms with E-state index in [0.717, 1.165) is 0 Å². The van der Waals surface area contributed by atoms with Crippen molar-refractivity contribution in [2.24, 2.45) is 0 Å². The van der Waals surface area contributed by atoms with Crippen molar-refractivity contribution >= 4 is 8.69 Å². The topological polar surface area (TPSA) is 26.3 Å². The minimum atomic E-state index is -0.276. The predicted molar refractivity (Wildman–Crippen MR) is 23.8 cm³/mol. The van der Waals surface area contributed by atoms with Gasteiger partial charge < -0.3 is 0 Å². The van der Waals surface area contributed by atoms with Gasteiger partial charge in [-0.3, -0.25) is 4.52 Å². The molecule has 0 radical (unpaired) electrons. The van der Waals surface area contributed by atoms with Crippen molar-refractivity contribution in [2.45, 2.75) is 0 Å². The van der Waals surface area contributed by atoms with Crippen LogP contribution in [-0.4, -0.2) is 6.61 Å². The van der Waals surface area contributed by atoms with Crippen LogP contribution in [0.3, 0.4) is 0 Å². The molecule has 4 heteroatoms. The molecule has 0 rings (SSSR count). The van der Waals surface area contributed by atoms with Gasteiger partial charge in [-0.2, -0.15) is 0 Å². The summed E-state index contributed by atoms with van der Waals surface area (Å²) in [5, 5.41) is 0. The molecule has 0 atom stereocenters. The fourth-order valence-electron chi connectivity index (χ4n) is 0.0831. The summed E-state index contributed by atoms with van der Waals surface area (Å²) in [6.07, 6.45) is 1.53. The second kappa shape index (κ2) is 9.58. The second-order valence-electron chi connectivity index (χ2n) is 0.659. The molecule has 0 aromatic heterocycles. The molecule has 0 unspecified atom stereocenters. The molecule has 0 aromatic rings. The zero-order valence-electron chi connectivity index (χ0n) is 3.61. The molecule has 0 aromatic carbocycles. The van der Waals surface area contributed by atoms with E-state index in [2.05, 4.69) is 11.1 Å². The summed E-state index contributed by atoms with van der Waals surface area (Å²) in [5.74, 6) is 0. The van der Waals surface area contributed by atoms with Crippen molar-refractivity contribution in [1.29, 1.82) is 0 Å². The van der Waals surface area contributed by atoms with Crippen LogP contribution in [0, 0.1) is 0 Å². The van der Waals surface area contributed by atoms with Crippen LogP contribution in [0.25, 0.3) is 0 Å². The molecule has 7 heavy (non-hydrogen) atoms. The number of hydrogen-bond donors (Lipinski definition) is 0. The third-order valence-corrected chi connectivity index (χ3v) is 0.500. The van der Waals surface area contributed by atoms with Gasteiger partial charge in [0.2, 0.25) is 0 Å². The summed E-state index contributed by atoms with van der Waals surface area (Å²) in [4.78, 5) is 0. The molecule has 0 fully saturated rings. The Labute approximate surface area is 54.7 Å². The molecule has 0 aliphatic rings. The average Bonchev–Trinajstić information content (AvgIpc) is 1.61. The first kappa shape index (κ1) is 10.3. The normalized spacial score (nSPS) is 7.43. The Hall–Kier alpha value is 0.319. The molecule has 0 amide bonds. The Morgan fingerprint density at radius 1 is 1.86 bits per heavy atom. The summed E-state index contributed by atoms with van der Waals surface area (Å²) in [5.41, 5.74) is 0. The Morgan fingerprint density at radius 3 is 2.57 bits per heavy atom. The largest absolute Gasteiger partial charge is 0.327 e. The predicted octanol–water partition coefficient (Wildman–Crippen LogP) is 1.39. The molecule has 0 aliphatic heterocycles. The van der Waals surface area contributed by atoms with Gasteiger partial charge in [0.25, 0.3) is 0 Å². The molecular formula is C3H5FeO2P. The smallest absolute Gasteiger partial charge is 0.290 e. The first-order chi connectivity index (χ1) is 2.91. The summed E-state index contributed by atoms with van der Waals surface area (Å²) in [6.45, 7) is 3.68. The summed E-state index contributed by atoms with van der Waals surface area (Å²) in [6, 6.07) is 0. The van der Waals surface area contributed by atoms with Gasteiger partial charge in [0.05, 0.1) is 6.61 Å². The molecule has 0 N–H and O–H groups in total. The van der Waals surface area contributed by atoms with Gasteiger partial charge in [-0.15, -0.1) is 6.58 Å². The maximum absolute atomic E-state index is 9.39. The molecule has 0 aliphatic carbocycles. The third-order valence-electron chi connectivity index (χ3n) is 0.245. The van der Waals surface area contributed by atoms with Crippen molar-refractivity contribution in [3.8, 4) is 0 Å². The van der Waals surface area contributed by atoms with E-state index < -0.39 is 0 Å². The maximum atomic E-state index is 9.39. The fraction of sp³-hybridized carbons (Fsp3) is 0.333. The van der Waals surface area contributed by atoms with Crippen LogP contribution in [0.5, 0.6) is 0 Å². The molecule has 2 nitrogen and oxygen atoms in total. The van der Waals surface area contributed by atoms with Crippen molar-refractivity contribution < 1.29 is 26.2 Å². The van der Waals surface area contributed by atoms with E-state index in [1.54, 1.807) is 0 Å². The van der Waals surface area contributed by atoms with E-state index >= 15 is 0 Å². The van der Waals surface area contributed by atoms with Crippen LogP contribution in [0.15, 0.2) is 12.7 Å².